The lowest BCUT2D eigenvalue weighted by Gasteiger charge is -2.31. The molecule has 0 bridgehead atoms. The molecular weight excluding hydrogens is 185 g/mol. The first-order valence-corrected chi connectivity index (χ1v) is 3.79. The maximum Gasteiger partial charge on any atom is 0.426 e. The van der Waals surface area contributed by atoms with E-state index in [1.54, 1.807) is 0 Å². The molecule has 0 aliphatic carbocycles. The Morgan fingerprint density at radius 1 is 1.23 bits per heavy atom. The molecule has 1 atom stereocenters. The molecule has 13 heavy (non-hydrogen) atoms. The molecule has 0 spiro atoms. The summed E-state index contributed by atoms with van der Waals surface area (Å²) >= 11 is 0. The largest absolute Gasteiger partial charge is 0.452 e. The van der Waals surface area contributed by atoms with Gasteiger partial charge in [-0.15, -0.1) is 0 Å². The van der Waals surface area contributed by atoms with E-state index in [0.29, 0.717) is 0 Å². The highest BCUT2D eigenvalue weighted by Crippen LogP contribution is 2.35. The third kappa shape index (κ3) is 4.15. The zero-order valence-electron chi connectivity index (χ0n) is 8.03. The van der Waals surface area contributed by atoms with Crippen LogP contribution >= 0.6 is 0 Å². The predicted molar refractivity (Wildman–Crippen MR) is 41.1 cm³/mol. The molecular formula is C8H13F3O2. The molecule has 0 aromatic carbocycles. The molecule has 0 aliphatic rings. The third-order valence-electron chi connectivity index (χ3n) is 1.37. The molecule has 0 radical (unpaired) electrons. The summed E-state index contributed by atoms with van der Waals surface area (Å²) in [6.07, 6.45) is -6.55. The fourth-order valence-electron chi connectivity index (χ4n) is 0.901. The second-order valence-electron chi connectivity index (χ2n) is 3.90. The molecule has 0 saturated heterocycles. The lowest BCUT2D eigenvalue weighted by molar-refractivity contribution is -0.243. The quantitative estimate of drug-likeness (QED) is 0.605. The standard InChI is InChI=1S/C8H13F3O2/c1-5(12)13-6(7(2,3)4)8(9,10)11/h6H,1-4H3/t6-/m0/s1. The molecule has 0 fully saturated rings. The number of halogens is 3. The van der Waals surface area contributed by atoms with Gasteiger partial charge in [-0.25, -0.2) is 0 Å². The first-order chi connectivity index (χ1) is 5.55. The van der Waals surface area contributed by atoms with Crippen LogP contribution in [-0.4, -0.2) is 18.2 Å². The van der Waals surface area contributed by atoms with Crippen LogP contribution in [-0.2, 0) is 9.53 Å². The maximum atomic E-state index is 12.3. The Labute approximate surface area is 75.1 Å². The molecule has 0 N–H and O–H groups in total. The minimum absolute atomic E-state index is 0.919. The van der Waals surface area contributed by atoms with Gasteiger partial charge in [0.2, 0.25) is 6.10 Å². The van der Waals surface area contributed by atoms with Crippen LogP contribution in [0.5, 0.6) is 0 Å². The van der Waals surface area contributed by atoms with Crippen molar-refractivity contribution >= 4 is 5.97 Å². The van der Waals surface area contributed by atoms with Crippen LogP contribution in [0.25, 0.3) is 0 Å². The molecule has 0 aromatic heterocycles. The Balaban J connectivity index is 4.68. The van der Waals surface area contributed by atoms with Crippen LogP contribution in [0.1, 0.15) is 27.7 Å². The van der Waals surface area contributed by atoms with E-state index in [-0.39, 0.29) is 0 Å². The van der Waals surface area contributed by atoms with Crippen LogP contribution in [0.15, 0.2) is 0 Å². The SMILES string of the molecule is CC(=O)O[C@@H](C(C)(C)C)C(F)(F)F. The first-order valence-electron chi connectivity index (χ1n) is 3.79. The summed E-state index contributed by atoms with van der Waals surface area (Å²) in [5.74, 6) is -0.919. The highest BCUT2D eigenvalue weighted by molar-refractivity contribution is 5.66. The average molecular weight is 198 g/mol. The number of hydrogen-bond acceptors (Lipinski definition) is 2. The predicted octanol–water partition coefficient (Wildman–Crippen LogP) is 2.53. The number of carbonyl (C=O) groups is 1. The molecule has 0 aliphatic heterocycles. The van der Waals surface area contributed by atoms with Gasteiger partial charge in [-0.05, 0) is 0 Å². The van der Waals surface area contributed by atoms with E-state index in [1.165, 1.54) is 20.8 Å². The molecule has 2 nitrogen and oxygen atoms in total. The second-order valence-corrected chi connectivity index (χ2v) is 3.90. The summed E-state index contributed by atoms with van der Waals surface area (Å²) in [7, 11) is 0. The van der Waals surface area contributed by atoms with Gasteiger partial charge < -0.3 is 4.74 Å². The Kier molecular flexibility index (Phi) is 3.35. The van der Waals surface area contributed by atoms with E-state index in [1.807, 2.05) is 0 Å². The van der Waals surface area contributed by atoms with E-state index in [4.69, 9.17) is 0 Å². The zero-order chi connectivity index (χ0) is 10.9. The Hall–Kier alpha value is -0.740. The van der Waals surface area contributed by atoms with E-state index >= 15 is 0 Å². The minimum atomic E-state index is -4.51. The topological polar surface area (TPSA) is 26.3 Å². The van der Waals surface area contributed by atoms with Crippen molar-refractivity contribution in [2.24, 2.45) is 5.41 Å². The van der Waals surface area contributed by atoms with E-state index in [0.717, 1.165) is 6.92 Å². The minimum Gasteiger partial charge on any atom is -0.452 e. The van der Waals surface area contributed by atoms with Crippen LogP contribution < -0.4 is 0 Å². The zero-order valence-corrected chi connectivity index (χ0v) is 8.03. The second kappa shape index (κ2) is 3.55. The van der Waals surface area contributed by atoms with Crippen LogP contribution in [0.4, 0.5) is 13.2 Å². The number of hydrogen-bond donors (Lipinski definition) is 0. The average Bonchev–Trinajstić information content (AvgIpc) is 1.77. The van der Waals surface area contributed by atoms with Crippen LogP contribution in [0.2, 0.25) is 0 Å². The van der Waals surface area contributed by atoms with Gasteiger partial charge in [-0.1, -0.05) is 20.8 Å². The van der Waals surface area contributed by atoms with Crippen molar-refractivity contribution < 1.29 is 22.7 Å². The molecule has 0 saturated carbocycles. The van der Waals surface area contributed by atoms with E-state index in [2.05, 4.69) is 4.74 Å². The Bertz CT molecular complexity index is 177. The van der Waals surface area contributed by atoms with E-state index in [9.17, 15) is 18.0 Å². The van der Waals surface area contributed by atoms with Gasteiger partial charge in [0.15, 0.2) is 0 Å². The van der Waals surface area contributed by atoms with Gasteiger partial charge >= 0.3 is 12.1 Å². The van der Waals surface area contributed by atoms with Crippen LogP contribution in [0.3, 0.4) is 0 Å². The third-order valence-corrected chi connectivity index (χ3v) is 1.37. The number of carbonyl (C=O) groups excluding carboxylic acids is 1. The van der Waals surface area contributed by atoms with Gasteiger partial charge in [0.25, 0.3) is 0 Å². The molecule has 0 amide bonds. The van der Waals surface area contributed by atoms with Gasteiger partial charge in [0.1, 0.15) is 0 Å². The lowest BCUT2D eigenvalue weighted by atomic mass is 9.88. The maximum absolute atomic E-state index is 12.3. The molecule has 0 heterocycles. The highest BCUT2D eigenvalue weighted by Gasteiger charge is 2.49. The molecule has 78 valence electrons. The number of rotatable bonds is 1. The van der Waals surface area contributed by atoms with E-state index < -0.39 is 23.7 Å². The summed E-state index contributed by atoms with van der Waals surface area (Å²) in [5, 5.41) is 0. The van der Waals surface area contributed by atoms with Gasteiger partial charge in [0, 0.05) is 12.3 Å². The van der Waals surface area contributed by atoms with Crippen molar-refractivity contribution in [1.82, 2.24) is 0 Å². The molecule has 0 rings (SSSR count). The number of ether oxygens (including phenoxy) is 1. The molecule has 0 unspecified atom stereocenters. The summed E-state index contributed by atoms with van der Waals surface area (Å²) < 4.78 is 41.1. The fraction of sp³-hybridized carbons (Fsp3) is 0.875. The van der Waals surface area contributed by atoms with Crippen molar-refractivity contribution in [1.29, 1.82) is 0 Å². The summed E-state index contributed by atoms with van der Waals surface area (Å²) in [6.45, 7) is 5.07. The Morgan fingerprint density at radius 3 is 1.69 bits per heavy atom. The Morgan fingerprint density at radius 2 is 1.62 bits per heavy atom. The smallest absolute Gasteiger partial charge is 0.426 e. The first kappa shape index (κ1) is 12.3. The van der Waals surface area contributed by atoms with Crippen molar-refractivity contribution in [3.05, 3.63) is 0 Å². The molecule has 0 aromatic rings. The highest BCUT2D eigenvalue weighted by atomic mass is 19.4. The van der Waals surface area contributed by atoms with Crippen LogP contribution in [0, 0.1) is 5.41 Å². The summed E-state index contributed by atoms with van der Waals surface area (Å²) in [6, 6.07) is 0. The van der Waals surface area contributed by atoms with Gasteiger partial charge in [-0.2, -0.15) is 13.2 Å². The van der Waals surface area contributed by atoms with Gasteiger partial charge in [-0.3, -0.25) is 4.79 Å². The molecule has 5 heteroatoms. The number of esters is 1. The monoisotopic (exact) mass is 198 g/mol. The van der Waals surface area contributed by atoms with Crippen molar-refractivity contribution in [2.45, 2.75) is 40.0 Å². The van der Waals surface area contributed by atoms with Crippen molar-refractivity contribution in [2.75, 3.05) is 0 Å². The van der Waals surface area contributed by atoms with Crippen molar-refractivity contribution in [3.63, 3.8) is 0 Å². The fourth-order valence-corrected chi connectivity index (χ4v) is 0.901. The van der Waals surface area contributed by atoms with Crippen molar-refractivity contribution in [3.8, 4) is 0 Å². The summed E-state index contributed by atoms with van der Waals surface area (Å²) in [5.41, 5.74) is -1.13. The van der Waals surface area contributed by atoms with Gasteiger partial charge in [0.05, 0.1) is 0 Å². The lowest BCUT2D eigenvalue weighted by Crippen LogP contribution is -2.43. The number of alkyl halides is 3. The normalized spacial score (nSPS) is 15.3. The summed E-state index contributed by atoms with van der Waals surface area (Å²) in [4.78, 5) is 10.4.